The van der Waals surface area contributed by atoms with Crippen molar-refractivity contribution in [1.29, 1.82) is 0 Å². The highest BCUT2D eigenvalue weighted by Crippen LogP contribution is 2.34. The van der Waals surface area contributed by atoms with Crippen LogP contribution < -0.4 is 24.3 Å². The zero-order valence-corrected chi connectivity index (χ0v) is 19.6. The highest BCUT2D eigenvalue weighted by molar-refractivity contribution is 6.31. The summed E-state index contributed by atoms with van der Waals surface area (Å²) in [6.07, 6.45) is 0.856. The van der Waals surface area contributed by atoms with Gasteiger partial charge in [-0.3, -0.25) is 0 Å². The summed E-state index contributed by atoms with van der Waals surface area (Å²) in [5, 5.41) is 4.10. The van der Waals surface area contributed by atoms with Crippen LogP contribution in [0.3, 0.4) is 0 Å². The largest absolute Gasteiger partial charge is 0.493 e. The van der Waals surface area contributed by atoms with Crippen molar-refractivity contribution in [2.45, 2.75) is 26.5 Å². The number of benzene rings is 3. The van der Waals surface area contributed by atoms with Gasteiger partial charge in [-0.1, -0.05) is 48.0 Å². The summed E-state index contributed by atoms with van der Waals surface area (Å²) >= 11 is 6.55. The predicted octanol–water partition coefficient (Wildman–Crippen LogP) is 5.67. The Balaban J connectivity index is 1.59. The third-order valence-electron chi connectivity index (χ3n) is 5.00. The quantitative estimate of drug-likeness (QED) is 0.357. The van der Waals surface area contributed by atoms with Crippen LogP contribution in [0.5, 0.6) is 23.0 Å². The maximum Gasteiger partial charge on any atom is 0.163 e. The van der Waals surface area contributed by atoms with E-state index in [1.807, 2.05) is 67.6 Å². The van der Waals surface area contributed by atoms with Gasteiger partial charge < -0.3 is 24.3 Å². The fraction of sp³-hybridized carbons (Fsp3) is 0.308. The number of methoxy groups -OCH3 is 2. The van der Waals surface area contributed by atoms with Crippen LogP contribution in [0.15, 0.2) is 60.7 Å². The lowest BCUT2D eigenvalue weighted by atomic mass is 10.1. The van der Waals surface area contributed by atoms with Crippen molar-refractivity contribution in [3.8, 4) is 23.0 Å². The van der Waals surface area contributed by atoms with Gasteiger partial charge in [-0.25, -0.2) is 0 Å². The van der Waals surface area contributed by atoms with Crippen LogP contribution in [0.1, 0.15) is 23.6 Å². The molecular formula is C26H30ClNO4. The van der Waals surface area contributed by atoms with Gasteiger partial charge in [0.1, 0.15) is 6.61 Å². The van der Waals surface area contributed by atoms with E-state index >= 15 is 0 Å². The lowest BCUT2D eigenvalue weighted by molar-refractivity contribution is 0.269. The minimum Gasteiger partial charge on any atom is -0.493 e. The number of halogens is 1. The molecular weight excluding hydrogens is 426 g/mol. The number of nitrogens with one attached hydrogen (secondary N) is 1. The SMILES string of the molecule is CCOc1cc(CNCCc2ccc(OC)c(OC)c2)c(Cl)cc1OCc1ccccc1. The Bertz CT molecular complexity index is 995. The van der Waals surface area contributed by atoms with Crippen LogP contribution in [-0.2, 0) is 19.6 Å². The molecule has 0 aromatic heterocycles. The molecule has 0 unspecified atom stereocenters. The summed E-state index contributed by atoms with van der Waals surface area (Å²) in [4.78, 5) is 0. The first-order valence-corrected chi connectivity index (χ1v) is 11.1. The fourth-order valence-electron chi connectivity index (χ4n) is 3.32. The number of rotatable bonds is 12. The normalized spacial score (nSPS) is 10.6. The molecule has 0 aliphatic heterocycles. The molecule has 32 heavy (non-hydrogen) atoms. The summed E-state index contributed by atoms with van der Waals surface area (Å²) in [6, 6.07) is 19.8. The van der Waals surface area contributed by atoms with E-state index in [0.717, 1.165) is 35.6 Å². The Hall–Kier alpha value is -2.89. The molecule has 3 rings (SSSR count). The second-order valence-electron chi connectivity index (χ2n) is 7.21. The predicted molar refractivity (Wildman–Crippen MR) is 128 cm³/mol. The molecule has 0 heterocycles. The van der Waals surface area contributed by atoms with Gasteiger partial charge in [0.2, 0.25) is 0 Å². The van der Waals surface area contributed by atoms with E-state index in [4.69, 9.17) is 30.5 Å². The molecule has 3 aromatic carbocycles. The van der Waals surface area contributed by atoms with E-state index < -0.39 is 0 Å². The number of hydrogen-bond donors (Lipinski definition) is 1. The topological polar surface area (TPSA) is 49.0 Å². The van der Waals surface area contributed by atoms with Gasteiger partial charge in [0, 0.05) is 17.6 Å². The van der Waals surface area contributed by atoms with E-state index in [2.05, 4.69) is 5.32 Å². The molecule has 1 N–H and O–H groups in total. The second-order valence-corrected chi connectivity index (χ2v) is 7.62. The Morgan fingerprint density at radius 1 is 0.781 bits per heavy atom. The van der Waals surface area contributed by atoms with Gasteiger partial charge in [0.05, 0.1) is 20.8 Å². The summed E-state index contributed by atoms with van der Waals surface area (Å²) in [7, 11) is 3.28. The van der Waals surface area contributed by atoms with Gasteiger partial charge in [-0.2, -0.15) is 0 Å². The Morgan fingerprint density at radius 3 is 2.25 bits per heavy atom. The molecule has 0 radical (unpaired) electrons. The van der Waals surface area contributed by atoms with Crippen molar-refractivity contribution < 1.29 is 18.9 Å². The molecule has 0 aliphatic rings. The minimum atomic E-state index is 0.458. The molecule has 0 aliphatic carbocycles. The van der Waals surface area contributed by atoms with E-state index in [9.17, 15) is 0 Å². The minimum absolute atomic E-state index is 0.458. The van der Waals surface area contributed by atoms with Crippen LogP contribution in [-0.4, -0.2) is 27.4 Å². The maximum atomic E-state index is 6.55. The monoisotopic (exact) mass is 455 g/mol. The van der Waals surface area contributed by atoms with Crippen LogP contribution >= 0.6 is 11.6 Å². The Labute approximate surface area is 195 Å². The third kappa shape index (κ3) is 6.55. The highest BCUT2D eigenvalue weighted by atomic mass is 35.5. The molecule has 0 amide bonds. The molecule has 0 saturated carbocycles. The molecule has 170 valence electrons. The second kappa shape index (κ2) is 12.2. The van der Waals surface area contributed by atoms with E-state index in [1.165, 1.54) is 5.56 Å². The zero-order valence-electron chi connectivity index (χ0n) is 18.8. The lowest BCUT2D eigenvalue weighted by Crippen LogP contribution is -2.17. The summed E-state index contributed by atoms with van der Waals surface area (Å²) in [5.41, 5.74) is 3.22. The standard InChI is InChI=1S/C26H30ClNO4/c1-4-31-25-15-21(22(27)16-26(25)32-18-20-8-6-5-7-9-20)17-28-13-12-19-10-11-23(29-2)24(14-19)30-3/h5-11,14-16,28H,4,12-13,17-18H2,1-3H3. The van der Waals surface area contributed by atoms with Crippen molar-refractivity contribution in [1.82, 2.24) is 5.32 Å². The van der Waals surface area contributed by atoms with Gasteiger partial charge >= 0.3 is 0 Å². The third-order valence-corrected chi connectivity index (χ3v) is 5.36. The molecule has 3 aromatic rings. The first kappa shape index (κ1) is 23.8. The van der Waals surface area contributed by atoms with Crippen molar-refractivity contribution in [2.75, 3.05) is 27.4 Å². The molecule has 0 atom stereocenters. The van der Waals surface area contributed by atoms with Gasteiger partial charge in [0.15, 0.2) is 23.0 Å². The van der Waals surface area contributed by atoms with Crippen LogP contribution in [0.25, 0.3) is 0 Å². The zero-order chi connectivity index (χ0) is 22.8. The van der Waals surface area contributed by atoms with Crippen molar-refractivity contribution in [3.05, 3.63) is 82.4 Å². The van der Waals surface area contributed by atoms with E-state index in [-0.39, 0.29) is 0 Å². The first-order valence-electron chi connectivity index (χ1n) is 10.7. The Morgan fingerprint density at radius 2 is 1.53 bits per heavy atom. The highest BCUT2D eigenvalue weighted by Gasteiger charge is 2.12. The molecule has 0 spiro atoms. The van der Waals surface area contributed by atoms with Crippen LogP contribution in [0.4, 0.5) is 0 Å². The Kier molecular flexibility index (Phi) is 9.08. The van der Waals surface area contributed by atoms with Crippen molar-refractivity contribution >= 4 is 11.6 Å². The van der Waals surface area contributed by atoms with Crippen LogP contribution in [0, 0.1) is 0 Å². The fourth-order valence-corrected chi connectivity index (χ4v) is 3.54. The van der Waals surface area contributed by atoms with E-state index in [1.54, 1.807) is 14.2 Å². The average molecular weight is 456 g/mol. The van der Waals surface area contributed by atoms with Crippen molar-refractivity contribution in [3.63, 3.8) is 0 Å². The summed E-state index contributed by atoms with van der Waals surface area (Å²) in [6.45, 7) is 4.39. The van der Waals surface area contributed by atoms with Crippen LogP contribution in [0.2, 0.25) is 5.02 Å². The molecule has 0 bridgehead atoms. The number of ether oxygens (including phenoxy) is 4. The molecule has 0 saturated heterocycles. The molecule has 5 nitrogen and oxygen atoms in total. The maximum absolute atomic E-state index is 6.55. The summed E-state index contributed by atoms with van der Waals surface area (Å²) in [5.74, 6) is 2.81. The van der Waals surface area contributed by atoms with Gasteiger partial charge in [-0.15, -0.1) is 0 Å². The van der Waals surface area contributed by atoms with Crippen molar-refractivity contribution in [2.24, 2.45) is 0 Å². The lowest BCUT2D eigenvalue weighted by Gasteiger charge is -2.15. The van der Waals surface area contributed by atoms with E-state index in [0.29, 0.717) is 36.3 Å². The molecule has 0 fully saturated rings. The average Bonchev–Trinajstić information content (AvgIpc) is 2.83. The number of hydrogen-bond acceptors (Lipinski definition) is 5. The smallest absolute Gasteiger partial charge is 0.163 e. The first-order chi connectivity index (χ1) is 15.6. The van der Waals surface area contributed by atoms with Gasteiger partial charge in [0.25, 0.3) is 0 Å². The summed E-state index contributed by atoms with van der Waals surface area (Å²) < 4.78 is 22.5. The molecule has 6 heteroatoms. The van der Waals surface area contributed by atoms with Gasteiger partial charge in [-0.05, 0) is 54.8 Å².